The van der Waals surface area contributed by atoms with Crippen LogP contribution in [-0.2, 0) is 0 Å². The number of piperidine rings is 2. The molecule has 23 heavy (non-hydrogen) atoms. The third-order valence-electron chi connectivity index (χ3n) is 6.95. The quantitative estimate of drug-likeness (QED) is 0.629. The van der Waals surface area contributed by atoms with Crippen LogP contribution in [0.5, 0.6) is 0 Å². The molecule has 128 valence electrons. The molecule has 0 amide bonds. The summed E-state index contributed by atoms with van der Waals surface area (Å²) in [6.45, 7) is 18.1. The topological polar surface area (TPSA) is 3.24 Å². The Balaban J connectivity index is 2.15. The molecule has 1 nitrogen and oxygen atoms in total. The second kappa shape index (κ2) is 5.53. The van der Waals surface area contributed by atoms with Gasteiger partial charge in [-0.1, -0.05) is 59.7 Å². The summed E-state index contributed by atoms with van der Waals surface area (Å²) < 4.78 is 0. The molecule has 0 N–H and O–H groups in total. The Kier molecular flexibility index (Phi) is 4.06. The summed E-state index contributed by atoms with van der Waals surface area (Å²) in [6.07, 6.45) is 4.08. The highest BCUT2D eigenvalue weighted by Gasteiger charge is 2.53. The molecule has 3 atom stereocenters. The highest BCUT2D eigenvalue weighted by atomic mass is 15.2. The molecule has 2 aliphatic heterocycles. The SMILES string of the molecule is CC(C)c1cccc(C(C)C)c1N1CC2(C)CCC1(C)C[C@H]2C. The Morgan fingerprint density at radius 2 is 1.57 bits per heavy atom. The molecule has 2 heterocycles. The average molecular weight is 314 g/mol. The van der Waals surface area contributed by atoms with E-state index in [9.17, 15) is 0 Å². The van der Waals surface area contributed by atoms with Crippen LogP contribution in [-0.4, -0.2) is 12.1 Å². The van der Waals surface area contributed by atoms with Crippen molar-refractivity contribution in [3.05, 3.63) is 29.3 Å². The van der Waals surface area contributed by atoms with Crippen molar-refractivity contribution in [2.75, 3.05) is 11.4 Å². The van der Waals surface area contributed by atoms with Crippen molar-refractivity contribution in [1.29, 1.82) is 0 Å². The summed E-state index contributed by atoms with van der Waals surface area (Å²) in [4.78, 5) is 2.82. The first-order chi connectivity index (χ1) is 10.7. The van der Waals surface area contributed by atoms with Gasteiger partial charge in [-0.05, 0) is 60.5 Å². The summed E-state index contributed by atoms with van der Waals surface area (Å²) >= 11 is 0. The lowest BCUT2D eigenvalue weighted by atomic mass is 9.57. The normalized spacial score (nSPS) is 33.8. The van der Waals surface area contributed by atoms with Gasteiger partial charge in [0.25, 0.3) is 0 Å². The maximum atomic E-state index is 2.82. The van der Waals surface area contributed by atoms with Gasteiger partial charge in [0.2, 0.25) is 0 Å². The number of fused-ring (bicyclic) bond motifs is 3. The van der Waals surface area contributed by atoms with Crippen LogP contribution in [0.25, 0.3) is 0 Å². The van der Waals surface area contributed by atoms with E-state index in [0.29, 0.717) is 22.8 Å². The summed E-state index contributed by atoms with van der Waals surface area (Å²) in [6, 6.07) is 7.00. The van der Waals surface area contributed by atoms with Crippen LogP contribution in [0.15, 0.2) is 18.2 Å². The number of anilines is 1. The number of hydrogen-bond donors (Lipinski definition) is 0. The second-order valence-electron chi connectivity index (χ2n) is 9.44. The van der Waals surface area contributed by atoms with Gasteiger partial charge in [-0.25, -0.2) is 0 Å². The maximum Gasteiger partial charge on any atom is 0.0441 e. The van der Waals surface area contributed by atoms with E-state index >= 15 is 0 Å². The monoisotopic (exact) mass is 313 g/mol. The van der Waals surface area contributed by atoms with E-state index < -0.39 is 0 Å². The van der Waals surface area contributed by atoms with E-state index in [-0.39, 0.29) is 0 Å². The van der Waals surface area contributed by atoms with Gasteiger partial charge >= 0.3 is 0 Å². The van der Waals surface area contributed by atoms with Gasteiger partial charge in [0.15, 0.2) is 0 Å². The van der Waals surface area contributed by atoms with E-state index in [2.05, 4.69) is 71.6 Å². The summed E-state index contributed by atoms with van der Waals surface area (Å²) in [5, 5.41) is 0. The lowest BCUT2D eigenvalue weighted by Gasteiger charge is -2.62. The molecule has 3 fully saturated rings. The van der Waals surface area contributed by atoms with E-state index in [1.807, 2.05) is 0 Å². The van der Waals surface area contributed by atoms with Crippen LogP contribution >= 0.6 is 0 Å². The highest BCUT2D eigenvalue weighted by molar-refractivity contribution is 5.64. The van der Waals surface area contributed by atoms with Crippen molar-refractivity contribution in [2.45, 2.75) is 85.1 Å². The van der Waals surface area contributed by atoms with Gasteiger partial charge in [-0.2, -0.15) is 0 Å². The number of nitrogens with zero attached hydrogens (tertiary/aromatic N) is 1. The van der Waals surface area contributed by atoms with Crippen LogP contribution < -0.4 is 4.90 Å². The predicted octanol–water partition coefficient (Wildman–Crippen LogP) is 6.34. The van der Waals surface area contributed by atoms with Gasteiger partial charge in [0.05, 0.1) is 0 Å². The Bertz CT molecular complexity index is 561. The minimum atomic E-state index is 0.339. The minimum absolute atomic E-state index is 0.339. The smallest absolute Gasteiger partial charge is 0.0441 e. The fourth-order valence-electron chi connectivity index (χ4n) is 5.01. The fourth-order valence-corrected chi connectivity index (χ4v) is 5.01. The van der Waals surface area contributed by atoms with E-state index in [1.54, 1.807) is 16.8 Å². The molecule has 1 heteroatoms. The molecular formula is C22H35N. The molecule has 4 rings (SSSR count). The van der Waals surface area contributed by atoms with Crippen molar-refractivity contribution in [3.63, 3.8) is 0 Å². The van der Waals surface area contributed by atoms with Crippen LogP contribution in [0.3, 0.4) is 0 Å². The molecule has 0 radical (unpaired) electrons. The zero-order valence-electron chi connectivity index (χ0n) is 16.2. The minimum Gasteiger partial charge on any atom is -0.365 e. The maximum absolute atomic E-state index is 2.82. The molecular weight excluding hydrogens is 278 g/mol. The summed E-state index contributed by atoms with van der Waals surface area (Å²) in [5.41, 5.74) is 5.47. The fraction of sp³-hybridized carbons (Fsp3) is 0.727. The van der Waals surface area contributed by atoms with Crippen molar-refractivity contribution < 1.29 is 0 Å². The molecule has 1 aromatic carbocycles. The van der Waals surface area contributed by atoms with Gasteiger partial charge in [0, 0.05) is 17.8 Å². The summed E-state index contributed by atoms with van der Waals surface area (Å²) in [7, 11) is 0. The van der Waals surface area contributed by atoms with Crippen LogP contribution in [0.2, 0.25) is 0 Å². The second-order valence-corrected chi connectivity index (χ2v) is 9.44. The number of hydrogen-bond acceptors (Lipinski definition) is 1. The molecule has 1 aromatic rings. The number of benzene rings is 1. The standard InChI is InChI=1S/C22H35N/c1-15(2)18-9-8-10-19(16(3)4)20(18)23-14-21(6)11-12-22(23,7)13-17(21)5/h8-10,15-17H,11-14H2,1-7H3/t17-,21?,22?/m1/s1. The largest absolute Gasteiger partial charge is 0.365 e. The van der Waals surface area contributed by atoms with Gasteiger partial charge in [-0.3, -0.25) is 0 Å². The molecule has 1 aliphatic carbocycles. The molecule has 2 saturated heterocycles. The van der Waals surface area contributed by atoms with Crippen molar-refractivity contribution in [1.82, 2.24) is 0 Å². The van der Waals surface area contributed by atoms with Crippen LogP contribution in [0, 0.1) is 11.3 Å². The van der Waals surface area contributed by atoms with E-state index in [1.165, 1.54) is 25.8 Å². The van der Waals surface area contributed by atoms with Gasteiger partial charge < -0.3 is 4.90 Å². The predicted molar refractivity (Wildman–Crippen MR) is 101 cm³/mol. The van der Waals surface area contributed by atoms with Crippen molar-refractivity contribution in [3.8, 4) is 0 Å². The third kappa shape index (κ3) is 2.61. The first-order valence-corrected chi connectivity index (χ1v) is 9.58. The highest BCUT2D eigenvalue weighted by Crippen LogP contribution is 2.56. The van der Waals surface area contributed by atoms with E-state index in [4.69, 9.17) is 0 Å². The number of rotatable bonds is 3. The summed E-state index contributed by atoms with van der Waals surface area (Å²) in [5.74, 6) is 2.00. The lowest BCUT2D eigenvalue weighted by molar-refractivity contribution is 0.0311. The zero-order valence-corrected chi connectivity index (χ0v) is 16.2. The zero-order chi connectivity index (χ0) is 17.0. The number of para-hydroxylation sites is 1. The van der Waals surface area contributed by atoms with Crippen molar-refractivity contribution in [2.24, 2.45) is 11.3 Å². The van der Waals surface area contributed by atoms with Crippen LogP contribution in [0.4, 0.5) is 5.69 Å². The average Bonchev–Trinajstić information content (AvgIpc) is 2.48. The first kappa shape index (κ1) is 16.9. The Hall–Kier alpha value is -0.980. The van der Waals surface area contributed by atoms with Crippen molar-refractivity contribution >= 4 is 5.69 Å². The van der Waals surface area contributed by atoms with Gasteiger partial charge in [0.1, 0.15) is 0 Å². The molecule has 0 spiro atoms. The van der Waals surface area contributed by atoms with Crippen LogP contribution in [0.1, 0.15) is 90.7 Å². The Morgan fingerprint density at radius 1 is 1.00 bits per heavy atom. The Morgan fingerprint density at radius 3 is 2.04 bits per heavy atom. The van der Waals surface area contributed by atoms with E-state index in [0.717, 1.165) is 5.92 Å². The molecule has 3 aliphatic rings. The molecule has 2 unspecified atom stereocenters. The van der Waals surface area contributed by atoms with Gasteiger partial charge in [-0.15, -0.1) is 0 Å². The Labute approximate surface area is 143 Å². The third-order valence-corrected chi connectivity index (χ3v) is 6.95. The molecule has 0 aromatic heterocycles. The first-order valence-electron chi connectivity index (χ1n) is 9.58. The molecule has 2 bridgehead atoms. The lowest BCUT2D eigenvalue weighted by Crippen LogP contribution is -2.64. The molecule has 1 saturated carbocycles.